The maximum Gasteiger partial charge on any atom is 0.319 e. The molecule has 8 nitrogen and oxygen atoms in total. The van der Waals surface area contributed by atoms with Crippen LogP contribution in [0.2, 0.25) is 0 Å². The average molecular weight is 357 g/mol. The van der Waals surface area contributed by atoms with Crippen LogP contribution in [0.15, 0.2) is 36.5 Å². The van der Waals surface area contributed by atoms with E-state index in [1.807, 2.05) is 42.2 Å². The molecule has 8 heteroatoms. The number of H-pyrrole nitrogens is 1. The lowest BCUT2D eigenvalue weighted by Crippen LogP contribution is -2.55. The van der Waals surface area contributed by atoms with Gasteiger partial charge in [0.05, 0.1) is 12.2 Å². The summed E-state index contributed by atoms with van der Waals surface area (Å²) >= 11 is 0. The number of amides is 2. The predicted molar refractivity (Wildman–Crippen MR) is 97.9 cm³/mol. The number of aliphatic carboxylic acids is 1. The van der Waals surface area contributed by atoms with E-state index in [1.54, 1.807) is 6.20 Å². The molecule has 1 fully saturated rings. The van der Waals surface area contributed by atoms with Crippen LogP contribution in [0.25, 0.3) is 11.3 Å². The van der Waals surface area contributed by atoms with Gasteiger partial charge in [-0.25, -0.2) is 4.79 Å². The van der Waals surface area contributed by atoms with E-state index in [-0.39, 0.29) is 24.7 Å². The van der Waals surface area contributed by atoms with E-state index in [4.69, 9.17) is 5.11 Å². The summed E-state index contributed by atoms with van der Waals surface area (Å²) in [6, 6.07) is 9.41. The van der Waals surface area contributed by atoms with Gasteiger partial charge in [0, 0.05) is 29.5 Å². The molecule has 1 heterocycles. The van der Waals surface area contributed by atoms with Gasteiger partial charge in [0.2, 0.25) is 0 Å². The van der Waals surface area contributed by atoms with Crippen LogP contribution in [0.4, 0.5) is 10.5 Å². The minimum Gasteiger partial charge on any atom is -0.480 e. The van der Waals surface area contributed by atoms with Gasteiger partial charge >= 0.3 is 12.0 Å². The number of carbonyl (C=O) groups excluding carboxylic acids is 1. The first-order valence-electron chi connectivity index (χ1n) is 8.68. The Morgan fingerprint density at radius 3 is 2.81 bits per heavy atom. The van der Waals surface area contributed by atoms with Crippen LogP contribution in [-0.4, -0.2) is 57.4 Å². The van der Waals surface area contributed by atoms with Gasteiger partial charge in [-0.3, -0.25) is 14.8 Å². The molecule has 1 aliphatic carbocycles. The molecule has 4 N–H and O–H groups in total. The molecule has 0 bridgehead atoms. The minimum atomic E-state index is -0.821. The smallest absolute Gasteiger partial charge is 0.319 e. The van der Waals surface area contributed by atoms with E-state index < -0.39 is 5.97 Å². The van der Waals surface area contributed by atoms with Gasteiger partial charge in [-0.05, 0) is 37.6 Å². The third-order valence-electron chi connectivity index (χ3n) is 4.64. The van der Waals surface area contributed by atoms with Crippen LogP contribution in [0.3, 0.4) is 0 Å². The molecule has 2 aromatic rings. The second-order valence-corrected chi connectivity index (χ2v) is 6.43. The van der Waals surface area contributed by atoms with Gasteiger partial charge in [-0.15, -0.1) is 0 Å². The van der Waals surface area contributed by atoms with Gasteiger partial charge in [-0.2, -0.15) is 5.10 Å². The summed E-state index contributed by atoms with van der Waals surface area (Å²) in [7, 11) is 0. The fourth-order valence-corrected chi connectivity index (χ4v) is 3.21. The van der Waals surface area contributed by atoms with Crippen LogP contribution in [0.5, 0.6) is 0 Å². The van der Waals surface area contributed by atoms with E-state index in [9.17, 15) is 9.59 Å². The molecule has 0 radical (unpaired) electrons. The van der Waals surface area contributed by atoms with Gasteiger partial charge in [-0.1, -0.05) is 19.1 Å². The first-order chi connectivity index (χ1) is 12.5. The van der Waals surface area contributed by atoms with Crippen LogP contribution in [0, 0.1) is 0 Å². The van der Waals surface area contributed by atoms with Crippen LogP contribution >= 0.6 is 0 Å². The molecule has 26 heavy (non-hydrogen) atoms. The summed E-state index contributed by atoms with van der Waals surface area (Å²) in [5.74, 6) is -0.821. The third-order valence-corrected chi connectivity index (χ3v) is 4.64. The summed E-state index contributed by atoms with van der Waals surface area (Å²) in [5.41, 5.74) is 2.52. The van der Waals surface area contributed by atoms with E-state index in [0.29, 0.717) is 12.2 Å². The molecule has 0 spiro atoms. The molecule has 1 aliphatic rings. The number of urea groups is 1. The van der Waals surface area contributed by atoms with Gasteiger partial charge in [0.1, 0.15) is 0 Å². The number of carbonyl (C=O) groups is 2. The van der Waals surface area contributed by atoms with Crippen molar-refractivity contribution < 1.29 is 14.7 Å². The normalized spacial score (nSPS) is 19.0. The van der Waals surface area contributed by atoms with Crippen molar-refractivity contribution in [3.8, 4) is 11.3 Å². The number of anilines is 1. The number of benzene rings is 1. The van der Waals surface area contributed by atoms with Crippen molar-refractivity contribution in [2.45, 2.75) is 31.8 Å². The Balaban J connectivity index is 1.48. The molecule has 2 amide bonds. The van der Waals surface area contributed by atoms with Crippen molar-refractivity contribution in [2.24, 2.45) is 0 Å². The van der Waals surface area contributed by atoms with Crippen molar-refractivity contribution in [1.82, 2.24) is 20.4 Å². The molecule has 0 saturated heterocycles. The number of likely N-dealkylation sites (N-methyl/N-ethyl adjacent to an activating group) is 1. The van der Waals surface area contributed by atoms with Crippen molar-refractivity contribution in [3.63, 3.8) is 0 Å². The molecule has 0 atom stereocenters. The molecule has 3 rings (SSSR count). The molecular formula is C18H23N5O3. The zero-order valence-corrected chi connectivity index (χ0v) is 14.6. The zero-order chi connectivity index (χ0) is 18.5. The lowest BCUT2D eigenvalue weighted by molar-refractivity contribution is -0.139. The second kappa shape index (κ2) is 8.01. The maximum absolute atomic E-state index is 12.2. The standard InChI is InChI=1S/C18H23N5O3/c1-2-23(11-17(24)25)15-9-14(10-15)21-18(26)20-13-5-3-4-12(8-13)16-6-7-19-22-16/h3-8,14-15H,2,9-11H2,1H3,(H,19,22)(H,24,25)(H2,20,21,26). The van der Waals surface area contributed by atoms with Gasteiger partial charge in [0.25, 0.3) is 0 Å². The Morgan fingerprint density at radius 2 is 2.15 bits per heavy atom. The Bertz CT molecular complexity index is 756. The molecule has 0 aliphatic heterocycles. The van der Waals surface area contributed by atoms with Crippen LogP contribution in [-0.2, 0) is 4.79 Å². The molecule has 1 aromatic heterocycles. The summed E-state index contributed by atoms with van der Waals surface area (Å²) < 4.78 is 0. The van der Waals surface area contributed by atoms with Crippen molar-refractivity contribution >= 4 is 17.7 Å². The summed E-state index contributed by atoms with van der Waals surface area (Å²) in [4.78, 5) is 25.0. The SMILES string of the molecule is CCN(CC(=O)O)C1CC(NC(=O)Nc2cccc(-c3ccn[nH]3)c2)C1. The number of nitrogens with zero attached hydrogens (tertiary/aromatic N) is 2. The maximum atomic E-state index is 12.2. The summed E-state index contributed by atoms with van der Waals surface area (Å²) in [6.45, 7) is 2.68. The zero-order valence-electron chi connectivity index (χ0n) is 14.6. The Labute approximate surface area is 151 Å². The Hall–Kier alpha value is -2.87. The fraction of sp³-hybridized carbons (Fsp3) is 0.389. The third kappa shape index (κ3) is 4.40. The van der Waals surface area contributed by atoms with Gasteiger partial charge in [0.15, 0.2) is 0 Å². The lowest BCUT2D eigenvalue weighted by Gasteiger charge is -2.42. The van der Waals surface area contributed by atoms with E-state index >= 15 is 0 Å². The molecular weight excluding hydrogens is 334 g/mol. The highest BCUT2D eigenvalue weighted by molar-refractivity contribution is 5.90. The fourth-order valence-electron chi connectivity index (χ4n) is 3.21. The first-order valence-corrected chi connectivity index (χ1v) is 8.68. The number of aromatic nitrogens is 2. The van der Waals surface area contributed by atoms with Gasteiger partial charge < -0.3 is 15.7 Å². The van der Waals surface area contributed by atoms with Crippen molar-refractivity contribution in [3.05, 3.63) is 36.5 Å². The Morgan fingerprint density at radius 1 is 1.35 bits per heavy atom. The van der Waals surface area contributed by atoms with Crippen molar-refractivity contribution in [2.75, 3.05) is 18.4 Å². The average Bonchev–Trinajstić information content (AvgIpc) is 3.10. The topological polar surface area (TPSA) is 110 Å². The molecule has 138 valence electrons. The monoisotopic (exact) mass is 357 g/mol. The molecule has 0 unspecified atom stereocenters. The molecule has 1 saturated carbocycles. The number of aromatic amines is 1. The number of nitrogens with one attached hydrogen (secondary N) is 3. The quantitative estimate of drug-likeness (QED) is 0.607. The van der Waals surface area contributed by atoms with Crippen LogP contribution in [0.1, 0.15) is 19.8 Å². The predicted octanol–water partition coefficient (Wildman–Crippen LogP) is 2.14. The number of rotatable bonds is 7. The second-order valence-electron chi connectivity index (χ2n) is 6.43. The van der Waals surface area contributed by atoms with E-state index in [2.05, 4.69) is 20.8 Å². The largest absolute Gasteiger partial charge is 0.480 e. The number of carboxylic acid groups (broad SMARTS) is 1. The lowest BCUT2D eigenvalue weighted by atomic mass is 9.85. The highest BCUT2D eigenvalue weighted by Gasteiger charge is 2.34. The summed E-state index contributed by atoms with van der Waals surface area (Å²) in [6.07, 6.45) is 3.21. The molecule has 1 aromatic carbocycles. The minimum absolute atomic E-state index is 0.0421. The van der Waals surface area contributed by atoms with Crippen LogP contribution < -0.4 is 10.6 Å². The first kappa shape index (κ1) is 17.9. The number of hydrogen-bond donors (Lipinski definition) is 4. The summed E-state index contributed by atoms with van der Waals surface area (Å²) in [5, 5.41) is 21.5. The van der Waals surface area contributed by atoms with E-state index in [0.717, 1.165) is 24.1 Å². The highest BCUT2D eigenvalue weighted by Crippen LogP contribution is 2.26. The Kier molecular flexibility index (Phi) is 5.52. The van der Waals surface area contributed by atoms with Crippen molar-refractivity contribution in [1.29, 1.82) is 0 Å². The van der Waals surface area contributed by atoms with E-state index in [1.165, 1.54) is 0 Å². The number of carboxylic acids is 1. The number of hydrogen-bond acceptors (Lipinski definition) is 4. The highest BCUT2D eigenvalue weighted by atomic mass is 16.4.